The predicted octanol–water partition coefficient (Wildman–Crippen LogP) is 3.34. The van der Waals surface area contributed by atoms with E-state index in [0.717, 1.165) is 5.92 Å². The minimum atomic E-state index is 0.303. The first-order valence-electron chi connectivity index (χ1n) is 8.15. The van der Waals surface area contributed by atoms with Crippen LogP contribution in [0.3, 0.4) is 0 Å². The second-order valence-electron chi connectivity index (χ2n) is 6.52. The van der Waals surface area contributed by atoms with Crippen LogP contribution < -0.4 is 5.73 Å². The van der Waals surface area contributed by atoms with Crippen molar-refractivity contribution in [1.29, 1.82) is 0 Å². The molecule has 21 heavy (non-hydrogen) atoms. The summed E-state index contributed by atoms with van der Waals surface area (Å²) in [4.78, 5) is 2.50. The molecule has 1 saturated carbocycles. The van der Waals surface area contributed by atoms with Crippen molar-refractivity contribution >= 4 is 0 Å². The first-order chi connectivity index (χ1) is 10.2. The fourth-order valence-corrected chi connectivity index (χ4v) is 3.62. The van der Waals surface area contributed by atoms with Gasteiger partial charge in [0.25, 0.3) is 0 Å². The van der Waals surface area contributed by atoms with E-state index in [-0.39, 0.29) is 0 Å². The smallest absolute Gasteiger partial charge is 0.0713 e. The summed E-state index contributed by atoms with van der Waals surface area (Å²) in [6.45, 7) is 3.70. The Kier molecular flexibility index (Phi) is 6.22. The maximum atomic E-state index is 6.10. The Bertz CT molecular complexity index is 435. The summed E-state index contributed by atoms with van der Waals surface area (Å²) in [5, 5.41) is 0. The summed E-state index contributed by atoms with van der Waals surface area (Å²) < 4.78 is 5.24. The van der Waals surface area contributed by atoms with E-state index in [4.69, 9.17) is 10.5 Å². The molecule has 2 rings (SSSR count). The normalized spacial score (nSPS) is 24.2. The number of hydrogen-bond donors (Lipinski definition) is 1. The average molecular weight is 290 g/mol. The van der Waals surface area contributed by atoms with E-state index in [0.29, 0.717) is 25.2 Å². The van der Waals surface area contributed by atoms with Gasteiger partial charge in [0, 0.05) is 25.7 Å². The van der Waals surface area contributed by atoms with Crippen LogP contribution in [-0.2, 0) is 11.3 Å². The van der Waals surface area contributed by atoms with Crippen molar-refractivity contribution in [2.24, 2.45) is 11.7 Å². The molecule has 1 aliphatic rings. The van der Waals surface area contributed by atoms with E-state index in [2.05, 4.69) is 43.1 Å². The highest BCUT2D eigenvalue weighted by atomic mass is 16.5. The van der Waals surface area contributed by atoms with Crippen LogP contribution in [0.5, 0.6) is 0 Å². The molecule has 3 nitrogen and oxygen atoms in total. The van der Waals surface area contributed by atoms with Crippen molar-refractivity contribution < 1.29 is 4.74 Å². The Labute approximate surface area is 129 Å². The molecule has 118 valence electrons. The van der Waals surface area contributed by atoms with Gasteiger partial charge >= 0.3 is 0 Å². The SMILES string of the molecule is COCc1cccc(C(CN)N(C)C2CCCC(C)C2)c1. The number of likely N-dealkylation sites (N-methyl/N-ethyl adjacent to an activating group) is 1. The summed E-state index contributed by atoms with van der Waals surface area (Å²) in [5.41, 5.74) is 8.63. The summed E-state index contributed by atoms with van der Waals surface area (Å²) in [6.07, 6.45) is 5.32. The lowest BCUT2D eigenvalue weighted by molar-refractivity contribution is 0.121. The Morgan fingerprint density at radius 2 is 2.19 bits per heavy atom. The van der Waals surface area contributed by atoms with Gasteiger partial charge in [-0.05, 0) is 36.9 Å². The molecule has 1 aliphatic carbocycles. The van der Waals surface area contributed by atoms with E-state index >= 15 is 0 Å². The van der Waals surface area contributed by atoms with Crippen LogP contribution in [0.4, 0.5) is 0 Å². The maximum Gasteiger partial charge on any atom is 0.0713 e. The summed E-state index contributed by atoms with van der Waals surface area (Å²) in [5.74, 6) is 0.837. The van der Waals surface area contributed by atoms with E-state index in [9.17, 15) is 0 Å². The van der Waals surface area contributed by atoms with Gasteiger partial charge in [-0.15, -0.1) is 0 Å². The number of nitrogens with two attached hydrogens (primary N) is 1. The molecule has 0 bridgehead atoms. The zero-order valence-electron chi connectivity index (χ0n) is 13.7. The minimum absolute atomic E-state index is 0.303. The number of methoxy groups -OCH3 is 1. The van der Waals surface area contributed by atoms with E-state index in [1.807, 2.05) is 0 Å². The lowest BCUT2D eigenvalue weighted by Crippen LogP contribution is -2.41. The van der Waals surface area contributed by atoms with E-state index in [1.54, 1.807) is 7.11 Å². The third kappa shape index (κ3) is 4.29. The van der Waals surface area contributed by atoms with Gasteiger partial charge in [0.2, 0.25) is 0 Å². The monoisotopic (exact) mass is 290 g/mol. The molecule has 0 radical (unpaired) electrons. The van der Waals surface area contributed by atoms with Gasteiger partial charge < -0.3 is 10.5 Å². The van der Waals surface area contributed by atoms with Gasteiger partial charge in [0.15, 0.2) is 0 Å². The first-order valence-corrected chi connectivity index (χ1v) is 8.15. The molecule has 0 aliphatic heterocycles. The molecule has 3 atom stereocenters. The molecule has 3 heteroatoms. The topological polar surface area (TPSA) is 38.5 Å². The number of rotatable bonds is 6. The van der Waals surface area contributed by atoms with Gasteiger partial charge in [-0.25, -0.2) is 0 Å². The van der Waals surface area contributed by atoms with Crippen LogP contribution in [0, 0.1) is 5.92 Å². The highest BCUT2D eigenvalue weighted by molar-refractivity contribution is 5.26. The third-order valence-electron chi connectivity index (χ3n) is 4.85. The van der Waals surface area contributed by atoms with Crippen LogP contribution >= 0.6 is 0 Å². The lowest BCUT2D eigenvalue weighted by atomic mass is 9.85. The molecule has 0 amide bonds. The standard InChI is InChI=1S/C18H30N2O/c1-14-6-4-9-17(10-14)20(2)18(12-19)16-8-5-7-15(11-16)13-21-3/h5,7-8,11,14,17-18H,4,6,9-10,12-13,19H2,1-3H3. The van der Waals surface area contributed by atoms with Gasteiger partial charge in [0.05, 0.1) is 6.61 Å². The Balaban J connectivity index is 2.12. The Morgan fingerprint density at radius 3 is 2.86 bits per heavy atom. The van der Waals surface area contributed by atoms with Gasteiger partial charge in [-0.2, -0.15) is 0 Å². The zero-order valence-corrected chi connectivity index (χ0v) is 13.7. The van der Waals surface area contributed by atoms with Crippen molar-refractivity contribution in [3.8, 4) is 0 Å². The molecule has 1 aromatic rings. The molecule has 1 fully saturated rings. The molecule has 0 saturated heterocycles. The Hall–Kier alpha value is -0.900. The van der Waals surface area contributed by atoms with Crippen molar-refractivity contribution in [1.82, 2.24) is 4.90 Å². The van der Waals surface area contributed by atoms with E-state index in [1.165, 1.54) is 36.8 Å². The van der Waals surface area contributed by atoms with Crippen LogP contribution in [0.15, 0.2) is 24.3 Å². The molecule has 0 heterocycles. The molecule has 0 aromatic heterocycles. The Morgan fingerprint density at radius 1 is 1.38 bits per heavy atom. The largest absolute Gasteiger partial charge is 0.380 e. The third-order valence-corrected chi connectivity index (χ3v) is 4.85. The number of nitrogens with zero attached hydrogens (tertiary/aromatic N) is 1. The molecule has 3 unspecified atom stereocenters. The molecule has 1 aromatic carbocycles. The fourth-order valence-electron chi connectivity index (χ4n) is 3.62. The highest BCUT2D eigenvalue weighted by Gasteiger charge is 2.27. The highest BCUT2D eigenvalue weighted by Crippen LogP contribution is 2.31. The number of hydrogen-bond acceptors (Lipinski definition) is 3. The zero-order chi connectivity index (χ0) is 15.2. The number of ether oxygens (including phenoxy) is 1. The van der Waals surface area contributed by atoms with Gasteiger partial charge in [-0.3, -0.25) is 4.90 Å². The fraction of sp³-hybridized carbons (Fsp3) is 0.667. The lowest BCUT2D eigenvalue weighted by Gasteiger charge is -2.39. The second kappa shape index (κ2) is 7.92. The molecule has 0 spiro atoms. The first kappa shape index (κ1) is 16.5. The van der Waals surface area contributed by atoms with Crippen molar-refractivity contribution in [3.05, 3.63) is 35.4 Å². The quantitative estimate of drug-likeness (QED) is 0.873. The van der Waals surface area contributed by atoms with Crippen molar-refractivity contribution in [2.75, 3.05) is 20.7 Å². The summed E-state index contributed by atoms with van der Waals surface area (Å²) in [7, 11) is 3.98. The number of benzene rings is 1. The van der Waals surface area contributed by atoms with Crippen LogP contribution in [-0.4, -0.2) is 31.6 Å². The second-order valence-corrected chi connectivity index (χ2v) is 6.52. The predicted molar refractivity (Wildman–Crippen MR) is 88.1 cm³/mol. The van der Waals surface area contributed by atoms with Gasteiger partial charge in [-0.1, -0.05) is 44.0 Å². The average Bonchev–Trinajstić information content (AvgIpc) is 2.49. The van der Waals surface area contributed by atoms with Crippen LogP contribution in [0.25, 0.3) is 0 Å². The van der Waals surface area contributed by atoms with Crippen molar-refractivity contribution in [3.63, 3.8) is 0 Å². The minimum Gasteiger partial charge on any atom is -0.380 e. The molecule has 2 N–H and O–H groups in total. The van der Waals surface area contributed by atoms with Crippen LogP contribution in [0.2, 0.25) is 0 Å². The van der Waals surface area contributed by atoms with E-state index < -0.39 is 0 Å². The molecular weight excluding hydrogens is 260 g/mol. The molecular formula is C18H30N2O. The van der Waals surface area contributed by atoms with Crippen LogP contribution in [0.1, 0.15) is 49.8 Å². The van der Waals surface area contributed by atoms with Crippen molar-refractivity contribution in [2.45, 2.75) is 51.3 Å². The van der Waals surface area contributed by atoms with Gasteiger partial charge in [0.1, 0.15) is 0 Å². The summed E-state index contributed by atoms with van der Waals surface area (Å²) in [6, 6.07) is 9.63. The summed E-state index contributed by atoms with van der Waals surface area (Å²) >= 11 is 0. The maximum absolute atomic E-state index is 6.10.